The lowest BCUT2D eigenvalue weighted by Gasteiger charge is -2.22. The number of anilines is 1. The van der Waals surface area contributed by atoms with Gasteiger partial charge >= 0.3 is 0 Å². The van der Waals surface area contributed by atoms with E-state index in [4.69, 9.17) is 4.74 Å². The normalized spacial score (nSPS) is 13.4. The van der Waals surface area contributed by atoms with Crippen molar-refractivity contribution >= 4 is 21.6 Å². The average molecular weight is 330 g/mol. The predicted octanol–water partition coefficient (Wildman–Crippen LogP) is 3.65. The maximum Gasteiger partial charge on any atom is 0.0945 e. The van der Waals surface area contributed by atoms with E-state index in [1.54, 1.807) is 0 Å². The van der Waals surface area contributed by atoms with Crippen LogP contribution in [0.25, 0.3) is 0 Å². The molecule has 0 saturated carbocycles. The van der Waals surface area contributed by atoms with Gasteiger partial charge < -0.3 is 15.2 Å². The zero-order valence-corrected chi connectivity index (χ0v) is 14.0. The molecule has 1 aromatic carbocycles. The second-order valence-electron chi connectivity index (χ2n) is 5.88. The molecule has 3 nitrogen and oxygen atoms in total. The van der Waals surface area contributed by atoms with Gasteiger partial charge in [0.1, 0.15) is 0 Å². The molecule has 0 heterocycles. The first-order chi connectivity index (χ1) is 8.69. The first-order valence-electron chi connectivity index (χ1n) is 6.51. The molecule has 0 bridgehead atoms. The van der Waals surface area contributed by atoms with Gasteiger partial charge in [0.15, 0.2) is 0 Å². The van der Waals surface area contributed by atoms with Crippen molar-refractivity contribution in [3.8, 4) is 0 Å². The monoisotopic (exact) mass is 329 g/mol. The summed E-state index contributed by atoms with van der Waals surface area (Å²) in [7, 11) is 0. The van der Waals surface area contributed by atoms with Crippen molar-refractivity contribution in [2.24, 2.45) is 0 Å². The van der Waals surface area contributed by atoms with E-state index in [1.807, 2.05) is 20.8 Å². The van der Waals surface area contributed by atoms with Gasteiger partial charge in [-0.2, -0.15) is 0 Å². The molecule has 0 aliphatic rings. The number of hydrogen-bond donors (Lipinski definition) is 2. The Kier molecular flexibility index (Phi) is 5.83. The molecule has 1 atom stereocenters. The fourth-order valence-electron chi connectivity index (χ4n) is 1.69. The third-order valence-electron chi connectivity index (χ3n) is 2.69. The summed E-state index contributed by atoms with van der Waals surface area (Å²) in [5, 5.41) is 13.1. The van der Waals surface area contributed by atoms with Gasteiger partial charge in [-0.1, -0.05) is 15.9 Å². The number of ether oxygens (including phenoxy) is 1. The van der Waals surface area contributed by atoms with Crippen molar-refractivity contribution in [3.05, 3.63) is 27.7 Å². The summed E-state index contributed by atoms with van der Waals surface area (Å²) in [6.45, 7) is 10.9. The quantitative estimate of drug-likeness (QED) is 0.866. The summed E-state index contributed by atoms with van der Waals surface area (Å²) in [6.07, 6.45) is -0.511. The van der Waals surface area contributed by atoms with Gasteiger partial charge in [0.2, 0.25) is 0 Å². The summed E-state index contributed by atoms with van der Waals surface area (Å²) in [6, 6.07) is 4.13. The van der Waals surface area contributed by atoms with Crippen molar-refractivity contribution in [2.75, 3.05) is 18.5 Å². The maximum atomic E-state index is 9.87. The molecular weight excluding hydrogens is 306 g/mol. The lowest BCUT2D eigenvalue weighted by Crippen LogP contribution is -2.30. The standard InChI is InChI=1S/C15H24BrNO2/c1-10-6-12(7-11(2)14(10)16)17-8-13(18)9-19-15(3,4)5/h6-7,13,17-18H,8-9H2,1-5H3. The van der Waals surface area contributed by atoms with E-state index in [9.17, 15) is 5.11 Å². The minimum Gasteiger partial charge on any atom is -0.389 e. The van der Waals surface area contributed by atoms with Crippen molar-refractivity contribution < 1.29 is 9.84 Å². The molecule has 2 N–H and O–H groups in total. The Morgan fingerprint density at radius 2 is 1.79 bits per heavy atom. The molecular formula is C15H24BrNO2. The van der Waals surface area contributed by atoms with Crippen molar-refractivity contribution in [3.63, 3.8) is 0 Å². The number of aliphatic hydroxyl groups excluding tert-OH is 1. The lowest BCUT2D eigenvalue weighted by molar-refractivity contribution is -0.0449. The fraction of sp³-hybridized carbons (Fsp3) is 0.600. The van der Waals surface area contributed by atoms with Crippen LogP contribution in [0, 0.1) is 13.8 Å². The number of rotatable bonds is 5. The highest BCUT2D eigenvalue weighted by molar-refractivity contribution is 9.10. The molecule has 1 unspecified atom stereocenters. The molecule has 0 radical (unpaired) electrons. The van der Waals surface area contributed by atoms with Crippen LogP contribution < -0.4 is 5.32 Å². The number of nitrogens with one attached hydrogen (secondary N) is 1. The Morgan fingerprint density at radius 3 is 2.26 bits per heavy atom. The first kappa shape index (κ1) is 16.5. The predicted molar refractivity (Wildman–Crippen MR) is 83.8 cm³/mol. The van der Waals surface area contributed by atoms with Crippen molar-refractivity contribution in [1.29, 1.82) is 0 Å². The molecule has 4 heteroatoms. The van der Waals surface area contributed by atoms with Crippen molar-refractivity contribution in [1.82, 2.24) is 0 Å². The Bertz CT molecular complexity index is 404. The van der Waals surface area contributed by atoms with Crippen LogP contribution >= 0.6 is 15.9 Å². The summed E-state index contributed by atoms with van der Waals surface area (Å²) >= 11 is 3.54. The summed E-state index contributed by atoms with van der Waals surface area (Å²) in [5.41, 5.74) is 3.17. The van der Waals surface area contributed by atoms with E-state index in [0.29, 0.717) is 13.2 Å². The Labute approximate surface area is 124 Å². The zero-order chi connectivity index (χ0) is 14.6. The molecule has 0 spiro atoms. The van der Waals surface area contributed by atoms with Crippen LogP contribution in [0.4, 0.5) is 5.69 Å². The van der Waals surface area contributed by atoms with E-state index < -0.39 is 6.10 Å². The topological polar surface area (TPSA) is 41.5 Å². The second kappa shape index (κ2) is 6.73. The third-order valence-corrected chi connectivity index (χ3v) is 3.94. The molecule has 19 heavy (non-hydrogen) atoms. The van der Waals surface area contributed by atoms with Crippen LogP contribution in [-0.2, 0) is 4.74 Å². The largest absolute Gasteiger partial charge is 0.389 e. The molecule has 1 rings (SSSR count). The Morgan fingerprint density at radius 1 is 1.26 bits per heavy atom. The van der Waals surface area contributed by atoms with E-state index in [1.165, 1.54) is 11.1 Å². The van der Waals surface area contributed by atoms with Crippen LogP contribution in [0.3, 0.4) is 0 Å². The molecule has 108 valence electrons. The first-order valence-corrected chi connectivity index (χ1v) is 7.31. The average Bonchev–Trinajstić information content (AvgIpc) is 2.29. The third kappa shape index (κ3) is 5.93. The van der Waals surface area contributed by atoms with Gasteiger partial charge in [-0.3, -0.25) is 0 Å². The molecule has 0 amide bonds. The minimum absolute atomic E-state index is 0.217. The zero-order valence-electron chi connectivity index (χ0n) is 12.4. The number of halogens is 1. The molecule has 0 aliphatic heterocycles. The smallest absolute Gasteiger partial charge is 0.0945 e. The van der Waals surface area contributed by atoms with E-state index in [0.717, 1.165) is 10.2 Å². The van der Waals surface area contributed by atoms with Crippen LogP contribution in [-0.4, -0.2) is 30.0 Å². The Balaban J connectivity index is 2.48. The van der Waals surface area contributed by atoms with Crippen molar-refractivity contribution in [2.45, 2.75) is 46.3 Å². The highest BCUT2D eigenvalue weighted by Crippen LogP contribution is 2.24. The van der Waals surface area contributed by atoms with Gasteiger partial charge in [0.25, 0.3) is 0 Å². The van der Waals surface area contributed by atoms with E-state index >= 15 is 0 Å². The van der Waals surface area contributed by atoms with Gasteiger partial charge in [0.05, 0.1) is 18.3 Å². The molecule has 0 aliphatic carbocycles. The van der Waals surface area contributed by atoms with Gasteiger partial charge in [-0.25, -0.2) is 0 Å². The van der Waals surface area contributed by atoms with E-state index in [2.05, 4.69) is 47.2 Å². The summed E-state index contributed by atoms with van der Waals surface area (Å²) in [5.74, 6) is 0. The molecule has 0 aromatic heterocycles. The number of hydrogen-bond acceptors (Lipinski definition) is 3. The van der Waals surface area contributed by atoms with Gasteiger partial charge in [-0.05, 0) is 57.9 Å². The maximum absolute atomic E-state index is 9.87. The minimum atomic E-state index is -0.511. The summed E-state index contributed by atoms with van der Waals surface area (Å²) in [4.78, 5) is 0. The van der Waals surface area contributed by atoms with Gasteiger partial charge in [0, 0.05) is 16.7 Å². The number of benzene rings is 1. The Hall–Kier alpha value is -0.580. The summed E-state index contributed by atoms with van der Waals surface area (Å²) < 4.78 is 6.68. The highest BCUT2D eigenvalue weighted by Gasteiger charge is 2.13. The van der Waals surface area contributed by atoms with Crippen LogP contribution in [0.2, 0.25) is 0 Å². The SMILES string of the molecule is Cc1cc(NCC(O)COC(C)(C)C)cc(C)c1Br. The van der Waals surface area contributed by atoms with Crippen LogP contribution in [0.5, 0.6) is 0 Å². The highest BCUT2D eigenvalue weighted by atomic mass is 79.9. The fourth-order valence-corrected chi connectivity index (χ4v) is 1.92. The molecule has 1 aromatic rings. The number of aryl methyl sites for hydroxylation is 2. The molecule has 0 fully saturated rings. The van der Waals surface area contributed by atoms with Crippen LogP contribution in [0.15, 0.2) is 16.6 Å². The van der Waals surface area contributed by atoms with E-state index in [-0.39, 0.29) is 5.60 Å². The van der Waals surface area contributed by atoms with Gasteiger partial charge in [-0.15, -0.1) is 0 Å². The molecule has 0 saturated heterocycles. The number of aliphatic hydroxyl groups is 1. The van der Waals surface area contributed by atoms with Crippen LogP contribution in [0.1, 0.15) is 31.9 Å². The lowest BCUT2D eigenvalue weighted by atomic mass is 10.1. The second-order valence-corrected chi connectivity index (χ2v) is 6.68.